The van der Waals surface area contributed by atoms with E-state index in [0.717, 1.165) is 12.8 Å². The minimum atomic E-state index is -0.345. The molecule has 1 amide bonds. The van der Waals surface area contributed by atoms with Crippen LogP contribution in [0.4, 0.5) is 0 Å². The van der Waals surface area contributed by atoms with Gasteiger partial charge in [-0.2, -0.15) is 0 Å². The molecule has 0 radical (unpaired) electrons. The van der Waals surface area contributed by atoms with Crippen LogP contribution in [0.1, 0.15) is 30.1 Å². The lowest BCUT2D eigenvalue weighted by atomic mass is 10.1. The molecule has 2 atom stereocenters. The monoisotopic (exact) mass is 348 g/mol. The van der Waals surface area contributed by atoms with E-state index in [1.54, 1.807) is 10.8 Å². The van der Waals surface area contributed by atoms with Gasteiger partial charge in [-0.3, -0.25) is 9.59 Å². The first kappa shape index (κ1) is 15.5. The van der Waals surface area contributed by atoms with Crippen LogP contribution in [0.15, 0.2) is 17.1 Å². The molecule has 2 aromatic rings. The van der Waals surface area contributed by atoms with Crippen LogP contribution in [-0.4, -0.2) is 50.9 Å². The van der Waals surface area contributed by atoms with Crippen LogP contribution in [0.25, 0.3) is 11.0 Å². The maximum Gasteiger partial charge on any atom is 0.260 e. The number of nitrogens with zero attached hydrogens (tertiary/aromatic N) is 4. The van der Waals surface area contributed by atoms with Crippen molar-refractivity contribution in [2.24, 2.45) is 0 Å². The maximum atomic E-state index is 13.1. The Hall–Kier alpha value is -1.99. The largest absolute Gasteiger partial charge is 0.377 e. The smallest absolute Gasteiger partial charge is 0.260 e. The molecule has 2 unspecified atom stereocenters. The number of carbonyl (C=O) groups is 1. The van der Waals surface area contributed by atoms with E-state index in [1.165, 1.54) is 6.07 Å². The molecule has 4 heterocycles. The molecule has 0 N–H and O–H groups in total. The van der Waals surface area contributed by atoms with Crippen molar-refractivity contribution >= 4 is 28.5 Å². The number of hydrogen-bond acceptors (Lipinski definition) is 5. The van der Waals surface area contributed by atoms with Crippen molar-refractivity contribution in [3.63, 3.8) is 0 Å². The Balaban J connectivity index is 1.86. The minimum Gasteiger partial charge on any atom is -0.377 e. The van der Waals surface area contributed by atoms with Crippen molar-refractivity contribution in [1.82, 2.24) is 19.7 Å². The zero-order valence-electron chi connectivity index (χ0n) is 13.2. The molecule has 8 heteroatoms. The first-order valence-corrected chi connectivity index (χ1v) is 8.44. The van der Waals surface area contributed by atoms with Crippen molar-refractivity contribution in [3.05, 3.63) is 33.2 Å². The standard InChI is InChI=1S/C16H17ClN4O3/c1-2-20-6-12(14(22)11-5-13(17)18-19-15(11)20)16(23)21-9-3-4-10(21)8-24-7-9/h5-6,9-10H,2-4,7-8H2,1H3. The third kappa shape index (κ3) is 2.31. The number of carbonyl (C=O) groups excluding carboxylic acids is 1. The zero-order valence-corrected chi connectivity index (χ0v) is 14.0. The molecule has 2 bridgehead atoms. The van der Waals surface area contributed by atoms with E-state index in [1.807, 2.05) is 11.8 Å². The fraction of sp³-hybridized carbons (Fsp3) is 0.500. The molecule has 24 heavy (non-hydrogen) atoms. The Labute approximate surface area is 143 Å². The van der Waals surface area contributed by atoms with Gasteiger partial charge >= 0.3 is 0 Å². The van der Waals surface area contributed by atoms with E-state index in [9.17, 15) is 9.59 Å². The second kappa shape index (κ2) is 5.82. The van der Waals surface area contributed by atoms with Gasteiger partial charge in [0.05, 0.1) is 30.7 Å². The summed E-state index contributed by atoms with van der Waals surface area (Å²) in [7, 11) is 0. The average molecular weight is 349 g/mol. The highest BCUT2D eigenvalue weighted by atomic mass is 35.5. The van der Waals surface area contributed by atoms with Crippen LogP contribution >= 0.6 is 11.6 Å². The van der Waals surface area contributed by atoms with Gasteiger partial charge in [0, 0.05) is 12.7 Å². The van der Waals surface area contributed by atoms with Crippen molar-refractivity contribution in [1.29, 1.82) is 0 Å². The van der Waals surface area contributed by atoms with Crippen LogP contribution in [-0.2, 0) is 11.3 Å². The first-order valence-electron chi connectivity index (χ1n) is 8.07. The van der Waals surface area contributed by atoms with Crippen LogP contribution in [0, 0.1) is 0 Å². The van der Waals surface area contributed by atoms with Gasteiger partial charge in [-0.25, -0.2) is 0 Å². The van der Waals surface area contributed by atoms with E-state index < -0.39 is 0 Å². The lowest BCUT2D eigenvalue weighted by molar-refractivity contribution is -0.00725. The summed E-state index contributed by atoms with van der Waals surface area (Å²) in [5, 5.41) is 8.26. The number of ether oxygens (including phenoxy) is 1. The maximum absolute atomic E-state index is 13.1. The van der Waals surface area contributed by atoms with Crippen molar-refractivity contribution in [2.75, 3.05) is 13.2 Å². The molecule has 2 fully saturated rings. The van der Waals surface area contributed by atoms with Crippen LogP contribution < -0.4 is 5.43 Å². The van der Waals surface area contributed by atoms with Gasteiger partial charge < -0.3 is 14.2 Å². The topological polar surface area (TPSA) is 77.3 Å². The molecule has 2 aliphatic rings. The Morgan fingerprint density at radius 1 is 1.33 bits per heavy atom. The van der Waals surface area contributed by atoms with Crippen molar-refractivity contribution in [2.45, 2.75) is 38.4 Å². The summed E-state index contributed by atoms with van der Waals surface area (Å²) >= 11 is 5.89. The first-order chi connectivity index (χ1) is 11.6. The van der Waals surface area contributed by atoms with E-state index in [-0.39, 0.29) is 34.1 Å². The molecule has 2 saturated heterocycles. The number of fused-ring (bicyclic) bond motifs is 3. The van der Waals surface area contributed by atoms with Crippen LogP contribution in [0.5, 0.6) is 0 Å². The summed E-state index contributed by atoms with van der Waals surface area (Å²) in [5.74, 6) is -0.229. The highest BCUT2D eigenvalue weighted by Gasteiger charge is 2.41. The quantitative estimate of drug-likeness (QED) is 0.821. The Bertz CT molecular complexity index is 865. The van der Waals surface area contributed by atoms with E-state index in [4.69, 9.17) is 16.3 Å². The molecular formula is C16H17ClN4O3. The van der Waals surface area contributed by atoms with E-state index in [2.05, 4.69) is 10.2 Å². The summed E-state index contributed by atoms with van der Waals surface area (Å²) in [6, 6.07) is 1.59. The molecule has 2 aromatic heterocycles. The summed E-state index contributed by atoms with van der Waals surface area (Å²) in [5.41, 5.74) is 0.253. The molecule has 0 aromatic carbocycles. The second-order valence-corrected chi connectivity index (χ2v) is 6.58. The fourth-order valence-electron chi connectivity index (χ4n) is 3.65. The third-order valence-corrected chi connectivity index (χ3v) is 5.02. The van der Waals surface area contributed by atoms with Gasteiger partial charge in [-0.1, -0.05) is 11.6 Å². The van der Waals surface area contributed by atoms with Gasteiger partial charge in [0.15, 0.2) is 10.8 Å². The SMILES string of the molecule is CCn1cc(C(=O)N2C3CCC2COC3)c(=O)c2cc(Cl)nnc21. The number of rotatable bonds is 2. The molecule has 126 valence electrons. The van der Waals surface area contributed by atoms with Gasteiger partial charge in [0.1, 0.15) is 5.56 Å². The van der Waals surface area contributed by atoms with Crippen molar-refractivity contribution in [3.8, 4) is 0 Å². The molecule has 0 spiro atoms. The number of aromatic nitrogens is 3. The molecular weight excluding hydrogens is 332 g/mol. The summed E-state index contributed by atoms with van der Waals surface area (Å²) < 4.78 is 7.28. The van der Waals surface area contributed by atoms with Gasteiger partial charge in [-0.15, -0.1) is 10.2 Å². The fourth-order valence-corrected chi connectivity index (χ4v) is 3.80. The van der Waals surface area contributed by atoms with E-state index >= 15 is 0 Å². The molecule has 0 saturated carbocycles. The van der Waals surface area contributed by atoms with Gasteiger partial charge in [-0.05, 0) is 25.8 Å². The second-order valence-electron chi connectivity index (χ2n) is 6.20. The molecule has 2 aliphatic heterocycles. The summed E-state index contributed by atoms with van der Waals surface area (Å²) in [6.45, 7) is 3.57. The third-order valence-electron chi connectivity index (χ3n) is 4.84. The number of amides is 1. The Kier molecular flexibility index (Phi) is 3.77. The Morgan fingerprint density at radius 2 is 2.04 bits per heavy atom. The molecule has 4 rings (SSSR count). The lowest BCUT2D eigenvalue weighted by Crippen LogP contribution is -2.50. The number of pyridine rings is 1. The number of morpholine rings is 1. The molecule has 7 nitrogen and oxygen atoms in total. The van der Waals surface area contributed by atoms with Gasteiger partial charge in [0.25, 0.3) is 5.91 Å². The van der Waals surface area contributed by atoms with Gasteiger partial charge in [0.2, 0.25) is 5.43 Å². The lowest BCUT2D eigenvalue weighted by Gasteiger charge is -2.34. The normalized spacial score (nSPS) is 23.0. The summed E-state index contributed by atoms with van der Waals surface area (Å²) in [4.78, 5) is 27.7. The average Bonchev–Trinajstić information content (AvgIpc) is 2.84. The minimum absolute atomic E-state index is 0.0561. The Morgan fingerprint density at radius 3 is 2.71 bits per heavy atom. The van der Waals surface area contributed by atoms with Crippen LogP contribution in [0.2, 0.25) is 5.15 Å². The molecule has 0 aliphatic carbocycles. The van der Waals surface area contributed by atoms with Crippen LogP contribution in [0.3, 0.4) is 0 Å². The number of hydrogen-bond donors (Lipinski definition) is 0. The van der Waals surface area contributed by atoms with E-state index in [0.29, 0.717) is 30.8 Å². The van der Waals surface area contributed by atoms with Crippen molar-refractivity contribution < 1.29 is 9.53 Å². The number of aryl methyl sites for hydroxylation is 1. The predicted molar refractivity (Wildman–Crippen MR) is 88.3 cm³/mol. The highest BCUT2D eigenvalue weighted by molar-refractivity contribution is 6.29. The highest BCUT2D eigenvalue weighted by Crippen LogP contribution is 2.30. The number of halogens is 1. The zero-order chi connectivity index (χ0) is 16.8. The summed E-state index contributed by atoms with van der Waals surface area (Å²) in [6.07, 6.45) is 3.43. The predicted octanol–water partition coefficient (Wildman–Crippen LogP) is 1.47.